The third-order valence-electron chi connectivity index (χ3n) is 6.69. The van der Waals surface area contributed by atoms with Gasteiger partial charge in [0.1, 0.15) is 0 Å². The number of rotatable bonds is 4. The SMILES string of the molecule is O=C([C@@H]1CCCN1Cc1cc(Cl)ccc1C(F)(F)F)N1CCN(C2CC2)c2ccccc21. The molecule has 5 rings (SSSR count). The van der Waals surface area contributed by atoms with Crippen molar-refractivity contribution in [2.75, 3.05) is 29.4 Å². The Labute approximate surface area is 190 Å². The van der Waals surface area contributed by atoms with Crippen LogP contribution in [0.25, 0.3) is 0 Å². The zero-order valence-electron chi connectivity index (χ0n) is 17.6. The average Bonchev–Trinajstić information content (AvgIpc) is 3.50. The van der Waals surface area contributed by atoms with Crippen LogP contribution in [0.1, 0.15) is 36.8 Å². The van der Waals surface area contributed by atoms with Gasteiger partial charge in [-0.3, -0.25) is 9.69 Å². The molecule has 1 aliphatic carbocycles. The van der Waals surface area contributed by atoms with E-state index in [1.54, 1.807) is 0 Å². The van der Waals surface area contributed by atoms with Crippen LogP contribution in [0, 0.1) is 0 Å². The van der Waals surface area contributed by atoms with Gasteiger partial charge < -0.3 is 9.80 Å². The van der Waals surface area contributed by atoms with E-state index >= 15 is 0 Å². The summed E-state index contributed by atoms with van der Waals surface area (Å²) in [5, 5.41) is 0.264. The second-order valence-corrected chi connectivity index (χ2v) is 9.27. The van der Waals surface area contributed by atoms with Crippen molar-refractivity contribution >= 4 is 28.9 Å². The molecule has 0 aromatic heterocycles. The molecule has 0 radical (unpaired) electrons. The van der Waals surface area contributed by atoms with Crippen molar-refractivity contribution in [3.8, 4) is 0 Å². The van der Waals surface area contributed by atoms with Crippen molar-refractivity contribution in [2.24, 2.45) is 0 Å². The summed E-state index contributed by atoms with van der Waals surface area (Å²) in [6, 6.07) is 11.7. The minimum Gasteiger partial charge on any atom is -0.365 e. The van der Waals surface area contributed by atoms with Gasteiger partial charge in [-0.1, -0.05) is 23.7 Å². The molecular weight excluding hydrogens is 439 g/mol. The number of carbonyl (C=O) groups excluding carboxylic acids is 1. The quantitative estimate of drug-likeness (QED) is 0.612. The Bertz CT molecular complexity index is 1020. The third-order valence-corrected chi connectivity index (χ3v) is 6.93. The summed E-state index contributed by atoms with van der Waals surface area (Å²) in [4.78, 5) is 19.7. The number of para-hydroxylation sites is 2. The predicted molar refractivity (Wildman–Crippen MR) is 119 cm³/mol. The number of likely N-dealkylation sites (tertiary alicyclic amines) is 1. The van der Waals surface area contributed by atoms with E-state index in [0.29, 0.717) is 25.6 Å². The molecule has 2 fully saturated rings. The van der Waals surface area contributed by atoms with Crippen LogP contribution in [0.4, 0.5) is 24.5 Å². The van der Waals surface area contributed by atoms with E-state index in [1.165, 1.54) is 25.0 Å². The normalized spacial score (nSPS) is 21.7. The smallest absolute Gasteiger partial charge is 0.365 e. The van der Waals surface area contributed by atoms with E-state index in [4.69, 9.17) is 11.6 Å². The number of nitrogens with zero attached hydrogens (tertiary/aromatic N) is 3. The number of alkyl halides is 3. The summed E-state index contributed by atoms with van der Waals surface area (Å²) >= 11 is 6.01. The van der Waals surface area contributed by atoms with Crippen molar-refractivity contribution in [2.45, 2.75) is 50.5 Å². The predicted octanol–water partition coefficient (Wildman–Crippen LogP) is 5.34. The highest BCUT2D eigenvalue weighted by Gasteiger charge is 2.40. The Morgan fingerprint density at radius 1 is 1.00 bits per heavy atom. The average molecular weight is 464 g/mol. The van der Waals surface area contributed by atoms with Gasteiger partial charge in [-0.2, -0.15) is 13.2 Å². The largest absolute Gasteiger partial charge is 0.416 e. The molecule has 32 heavy (non-hydrogen) atoms. The second kappa shape index (κ2) is 8.27. The maximum absolute atomic E-state index is 13.6. The molecule has 1 amide bonds. The van der Waals surface area contributed by atoms with Gasteiger partial charge in [-0.25, -0.2) is 0 Å². The second-order valence-electron chi connectivity index (χ2n) is 8.83. The summed E-state index contributed by atoms with van der Waals surface area (Å²) in [5.41, 5.74) is 1.40. The van der Waals surface area contributed by atoms with Crippen LogP contribution in [0.5, 0.6) is 0 Å². The molecule has 2 aromatic rings. The van der Waals surface area contributed by atoms with Gasteiger partial charge in [-0.05, 0) is 68.1 Å². The Balaban J connectivity index is 1.39. The molecule has 1 saturated carbocycles. The molecule has 0 spiro atoms. The monoisotopic (exact) mass is 463 g/mol. The standard InChI is InChI=1S/C24H25ClF3N3O/c25-17-7-10-19(24(26,27)28)16(14-17)15-29-11-3-6-22(29)23(32)31-13-12-30(18-8-9-18)20-4-1-2-5-21(20)31/h1-2,4-5,7,10,14,18,22H,3,6,8-9,11-13,15H2/t22-/m0/s1. The first kappa shape index (κ1) is 21.6. The molecule has 1 atom stereocenters. The minimum absolute atomic E-state index is 0.0269. The highest BCUT2D eigenvalue weighted by atomic mass is 35.5. The zero-order valence-corrected chi connectivity index (χ0v) is 18.4. The Kier molecular flexibility index (Phi) is 5.58. The van der Waals surface area contributed by atoms with Crippen molar-refractivity contribution in [1.29, 1.82) is 0 Å². The highest BCUT2D eigenvalue weighted by molar-refractivity contribution is 6.30. The number of anilines is 2. The molecule has 170 valence electrons. The number of hydrogen-bond acceptors (Lipinski definition) is 3. The summed E-state index contributed by atoms with van der Waals surface area (Å²) in [6.45, 7) is 2.02. The first-order valence-corrected chi connectivity index (χ1v) is 11.5. The Morgan fingerprint density at radius 2 is 1.75 bits per heavy atom. The third kappa shape index (κ3) is 4.08. The van der Waals surface area contributed by atoms with Crippen molar-refractivity contribution < 1.29 is 18.0 Å². The van der Waals surface area contributed by atoms with Crippen LogP contribution in [0.15, 0.2) is 42.5 Å². The van der Waals surface area contributed by atoms with E-state index in [0.717, 1.165) is 30.4 Å². The lowest BCUT2D eigenvalue weighted by Crippen LogP contribution is -2.51. The summed E-state index contributed by atoms with van der Waals surface area (Å²) in [7, 11) is 0. The number of fused-ring (bicyclic) bond motifs is 1. The summed E-state index contributed by atoms with van der Waals surface area (Å²) in [6.07, 6.45) is -0.676. The van der Waals surface area contributed by atoms with E-state index in [2.05, 4.69) is 11.0 Å². The van der Waals surface area contributed by atoms with Crippen molar-refractivity contribution in [3.63, 3.8) is 0 Å². The number of halogens is 4. The molecule has 0 unspecified atom stereocenters. The van der Waals surface area contributed by atoms with Crippen LogP contribution in [-0.4, -0.2) is 42.5 Å². The molecule has 2 heterocycles. The maximum Gasteiger partial charge on any atom is 0.416 e. The lowest BCUT2D eigenvalue weighted by atomic mass is 10.1. The van der Waals surface area contributed by atoms with Crippen LogP contribution in [0.2, 0.25) is 5.02 Å². The van der Waals surface area contributed by atoms with Gasteiger partial charge in [0.05, 0.1) is 23.0 Å². The first-order valence-electron chi connectivity index (χ1n) is 11.1. The fourth-order valence-electron chi connectivity index (χ4n) is 5.04. The van der Waals surface area contributed by atoms with Gasteiger partial charge in [0, 0.05) is 30.7 Å². The molecule has 2 aliphatic heterocycles. The number of amides is 1. The van der Waals surface area contributed by atoms with E-state index < -0.39 is 17.8 Å². The van der Waals surface area contributed by atoms with Crippen molar-refractivity contribution in [1.82, 2.24) is 4.90 Å². The maximum atomic E-state index is 13.6. The van der Waals surface area contributed by atoms with Gasteiger partial charge in [0.2, 0.25) is 5.91 Å². The fourth-order valence-corrected chi connectivity index (χ4v) is 5.24. The van der Waals surface area contributed by atoms with Crippen LogP contribution < -0.4 is 9.80 Å². The Morgan fingerprint density at radius 3 is 2.47 bits per heavy atom. The molecular formula is C24H25ClF3N3O. The highest BCUT2D eigenvalue weighted by Crippen LogP contribution is 2.41. The molecule has 0 N–H and O–H groups in total. The molecule has 4 nitrogen and oxygen atoms in total. The van der Waals surface area contributed by atoms with Gasteiger partial charge in [0.25, 0.3) is 0 Å². The molecule has 1 saturated heterocycles. The van der Waals surface area contributed by atoms with Gasteiger partial charge in [-0.15, -0.1) is 0 Å². The number of carbonyl (C=O) groups is 1. The first-order chi connectivity index (χ1) is 15.3. The van der Waals surface area contributed by atoms with E-state index in [9.17, 15) is 18.0 Å². The number of benzene rings is 2. The Hall–Kier alpha value is -2.25. The molecule has 0 bridgehead atoms. The lowest BCUT2D eigenvalue weighted by molar-refractivity contribution is -0.138. The summed E-state index contributed by atoms with van der Waals surface area (Å²) < 4.78 is 40.6. The van der Waals surface area contributed by atoms with Crippen LogP contribution in [-0.2, 0) is 17.5 Å². The molecule has 3 aliphatic rings. The summed E-state index contributed by atoms with van der Waals surface area (Å²) in [5.74, 6) is -0.0269. The molecule has 8 heteroatoms. The minimum atomic E-state index is -4.46. The number of hydrogen-bond donors (Lipinski definition) is 0. The van der Waals surface area contributed by atoms with E-state index in [1.807, 2.05) is 28.0 Å². The fraction of sp³-hybridized carbons (Fsp3) is 0.458. The zero-order chi connectivity index (χ0) is 22.5. The molecule has 2 aromatic carbocycles. The van der Waals surface area contributed by atoms with Crippen LogP contribution in [0.3, 0.4) is 0 Å². The van der Waals surface area contributed by atoms with Gasteiger partial charge in [0.15, 0.2) is 0 Å². The van der Waals surface area contributed by atoms with Gasteiger partial charge >= 0.3 is 6.18 Å². The van der Waals surface area contributed by atoms with Crippen LogP contribution >= 0.6 is 11.6 Å². The van der Waals surface area contributed by atoms with Crippen molar-refractivity contribution in [3.05, 3.63) is 58.6 Å². The van der Waals surface area contributed by atoms with E-state index in [-0.39, 0.29) is 23.0 Å². The topological polar surface area (TPSA) is 26.8 Å². The lowest BCUT2D eigenvalue weighted by Gasteiger charge is -2.40.